The molecule has 0 amide bonds. The van der Waals surface area contributed by atoms with Gasteiger partial charge in [-0.3, -0.25) is 4.79 Å². The molecule has 0 atom stereocenters. The Kier molecular flexibility index (Phi) is 12.7. The van der Waals surface area contributed by atoms with E-state index in [1.165, 1.54) is 25.7 Å². The number of hydrogen-bond acceptors (Lipinski definition) is 2. The number of ether oxygens (including phenoxy) is 1. The summed E-state index contributed by atoms with van der Waals surface area (Å²) in [5.41, 5.74) is 0. The van der Waals surface area contributed by atoms with Crippen molar-refractivity contribution in [2.45, 2.75) is 71.1 Å². The third kappa shape index (κ3) is 13.1. The van der Waals surface area contributed by atoms with Crippen LogP contribution in [0.15, 0.2) is 12.7 Å². The van der Waals surface area contributed by atoms with Gasteiger partial charge in [-0.25, -0.2) is 0 Å². The van der Waals surface area contributed by atoms with Gasteiger partial charge in [-0.2, -0.15) is 0 Å². The van der Waals surface area contributed by atoms with Gasteiger partial charge in [-0.05, 0) is 25.7 Å². The summed E-state index contributed by atoms with van der Waals surface area (Å²) in [7, 11) is 0. The number of rotatable bonds is 12. The molecule has 0 aliphatic heterocycles. The summed E-state index contributed by atoms with van der Waals surface area (Å²) in [6, 6.07) is 0. The van der Waals surface area contributed by atoms with Gasteiger partial charge in [-0.15, -0.1) is 6.58 Å². The summed E-state index contributed by atoms with van der Waals surface area (Å²) in [6.07, 6.45) is 12.9. The van der Waals surface area contributed by atoms with Crippen molar-refractivity contribution in [2.75, 3.05) is 6.61 Å². The molecule has 0 radical (unpaired) electrons. The Labute approximate surface area is 106 Å². The third-order valence-electron chi connectivity index (χ3n) is 2.80. The van der Waals surface area contributed by atoms with Crippen molar-refractivity contribution in [3.05, 3.63) is 12.7 Å². The van der Waals surface area contributed by atoms with E-state index in [-0.39, 0.29) is 5.97 Å². The molecule has 0 saturated carbocycles. The summed E-state index contributed by atoms with van der Waals surface area (Å²) in [5, 5.41) is 0. The van der Waals surface area contributed by atoms with Gasteiger partial charge in [0.2, 0.25) is 0 Å². The second-order valence-electron chi connectivity index (χ2n) is 4.52. The predicted octanol–water partition coefficient (Wildman–Crippen LogP) is 4.64. The highest BCUT2D eigenvalue weighted by atomic mass is 16.5. The molecule has 100 valence electrons. The van der Waals surface area contributed by atoms with E-state index in [0.717, 1.165) is 32.1 Å². The normalized spacial score (nSPS) is 10.2. The van der Waals surface area contributed by atoms with E-state index in [2.05, 4.69) is 13.5 Å². The molecule has 0 saturated heterocycles. The molecule has 0 spiro atoms. The van der Waals surface area contributed by atoms with Crippen LogP contribution in [0.4, 0.5) is 0 Å². The molecule has 0 aromatic rings. The summed E-state index contributed by atoms with van der Waals surface area (Å²) in [6.45, 7) is 6.40. The fourth-order valence-corrected chi connectivity index (χ4v) is 1.67. The molecule has 0 unspecified atom stereocenters. The zero-order valence-corrected chi connectivity index (χ0v) is 11.4. The molecule has 0 bridgehead atoms. The number of esters is 1. The maximum absolute atomic E-state index is 11.3. The van der Waals surface area contributed by atoms with E-state index in [1.54, 1.807) is 0 Å². The lowest BCUT2D eigenvalue weighted by molar-refractivity contribution is -0.143. The first-order chi connectivity index (χ1) is 8.31. The van der Waals surface area contributed by atoms with Crippen LogP contribution in [0.1, 0.15) is 71.1 Å². The quantitative estimate of drug-likeness (QED) is 0.282. The van der Waals surface area contributed by atoms with Gasteiger partial charge in [-0.1, -0.05) is 45.1 Å². The Hall–Kier alpha value is -0.790. The molecule has 0 aromatic carbocycles. The van der Waals surface area contributed by atoms with Crippen LogP contribution in [0.3, 0.4) is 0 Å². The van der Waals surface area contributed by atoms with E-state index in [4.69, 9.17) is 4.74 Å². The van der Waals surface area contributed by atoms with Crippen LogP contribution in [0.5, 0.6) is 0 Å². The van der Waals surface area contributed by atoms with Crippen molar-refractivity contribution < 1.29 is 9.53 Å². The fraction of sp³-hybridized carbons (Fsp3) is 0.800. The topological polar surface area (TPSA) is 26.3 Å². The van der Waals surface area contributed by atoms with Gasteiger partial charge >= 0.3 is 5.97 Å². The Bertz CT molecular complexity index is 187. The molecule has 0 aromatic heterocycles. The predicted molar refractivity (Wildman–Crippen MR) is 73.0 cm³/mol. The third-order valence-corrected chi connectivity index (χ3v) is 2.80. The van der Waals surface area contributed by atoms with Crippen LogP contribution in [0.25, 0.3) is 0 Å². The average Bonchev–Trinajstić information content (AvgIpc) is 2.33. The summed E-state index contributed by atoms with van der Waals surface area (Å²) >= 11 is 0. The monoisotopic (exact) mass is 240 g/mol. The van der Waals surface area contributed by atoms with Gasteiger partial charge in [0.25, 0.3) is 0 Å². The van der Waals surface area contributed by atoms with E-state index in [0.29, 0.717) is 13.0 Å². The van der Waals surface area contributed by atoms with Gasteiger partial charge in [0.05, 0.1) is 6.61 Å². The largest absolute Gasteiger partial charge is 0.466 e. The first-order valence-corrected chi connectivity index (χ1v) is 7.07. The molecule has 2 nitrogen and oxygen atoms in total. The van der Waals surface area contributed by atoms with E-state index < -0.39 is 0 Å². The highest BCUT2D eigenvalue weighted by Gasteiger charge is 2.01. The summed E-state index contributed by atoms with van der Waals surface area (Å²) in [4.78, 5) is 11.3. The van der Waals surface area contributed by atoms with Crippen molar-refractivity contribution >= 4 is 5.97 Å². The molecular formula is C15H28O2. The van der Waals surface area contributed by atoms with E-state index >= 15 is 0 Å². The Morgan fingerprint density at radius 3 is 2.35 bits per heavy atom. The van der Waals surface area contributed by atoms with Crippen LogP contribution in [0.2, 0.25) is 0 Å². The first kappa shape index (κ1) is 16.2. The summed E-state index contributed by atoms with van der Waals surface area (Å²) in [5.74, 6) is -0.0230. The maximum atomic E-state index is 11.3. The van der Waals surface area contributed by atoms with Crippen LogP contribution < -0.4 is 0 Å². The van der Waals surface area contributed by atoms with Crippen LogP contribution in [0, 0.1) is 0 Å². The zero-order valence-electron chi connectivity index (χ0n) is 11.4. The van der Waals surface area contributed by atoms with Gasteiger partial charge in [0, 0.05) is 6.42 Å². The number of carbonyl (C=O) groups is 1. The number of unbranched alkanes of at least 4 members (excludes halogenated alkanes) is 7. The van der Waals surface area contributed by atoms with Crippen LogP contribution >= 0.6 is 0 Å². The molecule has 17 heavy (non-hydrogen) atoms. The molecule has 0 rings (SSSR count). The molecular weight excluding hydrogens is 212 g/mol. The van der Waals surface area contributed by atoms with Gasteiger partial charge in [0.15, 0.2) is 0 Å². The second kappa shape index (κ2) is 13.3. The molecule has 0 aliphatic rings. The highest BCUT2D eigenvalue weighted by molar-refractivity contribution is 5.69. The second-order valence-corrected chi connectivity index (χ2v) is 4.52. The molecule has 2 heteroatoms. The first-order valence-electron chi connectivity index (χ1n) is 7.07. The van der Waals surface area contributed by atoms with E-state index in [1.807, 2.05) is 6.08 Å². The molecule has 0 heterocycles. The lowest BCUT2D eigenvalue weighted by atomic mass is 10.1. The minimum atomic E-state index is -0.0230. The standard InChI is InChI=1S/C15H28O2/c1-3-5-7-8-9-10-11-12-13-15(16)17-14-6-4-2/h3H,1,4-14H2,2H3. The number of carbonyl (C=O) groups excluding carboxylic acids is 1. The minimum absolute atomic E-state index is 0.0230. The van der Waals surface area contributed by atoms with Gasteiger partial charge in [0.1, 0.15) is 0 Å². The van der Waals surface area contributed by atoms with Crippen molar-refractivity contribution in [1.29, 1.82) is 0 Å². The summed E-state index contributed by atoms with van der Waals surface area (Å²) < 4.78 is 5.09. The zero-order chi connectivity index (χ0) is 12.8. The lowest BCUT2D eigenvalue weighted by Crippen LogP contribution is -2.05. The lowest BCUT2D eigenvalue weighted by Gasteiger charge is -2.03. The number of hydrogen-bond donors (Lipinski definition) is 0. The number of allylic oxidation sites excluding steroid dienone is 1. The Balaban J connectivity index is 3.11. The van der Waals surface area contributed by atoms with Gasteiger partial charge < -0.3 is 4.74 Å². The highest BCUT2D eigenvalue weighted by Crippen LogP contribution is 2.09. The van der Waals surface area contributed by atoms with Crippen molar-refractivity contribution in [1.82, 2.24) is 0 Å². The van der Waals surface area contributed by atoms with Crippen molar-refractivity contribution in [3.8, 4) is 0 Å². The maximum Gasteiger partial charge on any atom is 0.305 e. The fourth-order valence-electron chi connectivity index (χ4n) is 1.67. The smallest absolute Gasteiger partial charge is 0.305 e. The van der Waals surface area contributed by atoms with Crippen LogP contribution in [-0.4, -0.2) is 12.6 Å². The van der Waals surface area contributed by atoms with Crippen LogP contribution in [-0.2, 0) is 9.53 Å². The Morgan fingerprint density at radius 2 is 1.71 bits per heavy atom. The molecule has 0 fully saturated rings. The minimum Gasteiger partial charge on any atom is -0.466 e. The average molecular weight is 240 g/mol. The van der Waals surface area contributed by atoms with Crippen molar-refractivity contribution in [3.63, 3.8) is 0 Å². The Morgan fingerprint density at radius 1 is 1.06 bits per heavy atom. The SMILES string of the molecule is C=CCCCCCCCCC(=O)OCCCC. The van der Waals surface area contributed by atoms with E-state index in [9.17, 15) is 4.79 Å². The van der Waals surface area contributed by atoms with Crippen molar-refractivity contribution in [2.24, 2.45) is 0 Å². The molecule has 0 aliphatic carbocycles. The molecule has 0 N–H and O–H groups in total.